The number of hydrogen-bond acceptors (Lipinski definition) is 3. The van der Waals surface area contributed by atoms with Gasteiger partial charge in [0.1, 0.15) is 0 Å². The molecule has 1 fully saturated rings. The van der Waals surface area contributed by atoms with Gasteiger partial charge in [0.2, 0.25) is 5.91 Å². The number of hydrogen-bond donors (Lipinski definition) is 3. The monoisotopic (exact) mass is 200 g/mol. The molecule has 4 nitrogen and oxygen atoms in total. The lowest BCUT2D eigenvalue weighted by molar-refractivity contribution is -0.121. The van der Waals surface area contributed by atoms with Gasteiger partial charge in [-0.15, -0.1) is 0 Å². The fourth-order valence-corrected chi connectivity index (χ4v) is 1.76. The van der Waals surface area contributed by atoms with Gasteiger partial charge in [0.05, 0.1) is 6.61 Å². The van der Waals surface area contributed by atoms with Gasteiger partial charge in [0, 0.05) is 19.0 Å². The van der Waals surface area contributed by atoms with Crippen LogP contribution in [0.4, 0.5) is 0 Å². The predicted molar refractivity (Wildman–Crippen MR) is 55.0 cm³/mol. The highest BCUT2D eigenvalue weighted by molar-refractivity contribution is 5.75. The molecule has 0 spiro atoms. The van der Waals surface area contributed by atoms with E-state index in [9.17, 15) is 4.79 Å². The Bertz CT molecular complexity index is 168. The Morgan fingerprint density at radius 2 is 2.36 bits per heavy atom. The lowest BCUT2D eigenvalue weighted by Crippen LogP contribution is -2.35. The van der Waals surface area contributed by atoms with Crippen molar-refractivity contribution in [2.75, 3.05) is 19.7 Å². The summed E-state index contributed by atoms with van der Waals surface area (Å²) >= 11 is 0. The molecule has 0 aliphatic carbocycles. The highest BCUT2D eigenvalue weighted by Crippen LogP contribution is 2.11. The molecule has 1 amide bonds. The molecule has 1 rings (SSSR count). The second kappa shape index (κ2) is 6.79. The summed E-state index contributed by atoms with van der Waals surface area (Å²) in [6, 6.07) is 0.517. The third-order valence-electron chi connectivity index (χ3n) is 2.57. The van der Waals surface area contributed by atoms with Crippen LogP contribution in [0.1, 0.15) is 32.1 Å². The Morgan fingerprint density at radius 1 is 1.50 bits per heavy atom. The van der Waals surface area contributed by atoms with Crippen LogP contribution in [0.15, 0.2) is 0 Å². The molecule has 0 radical (unpaired) electrons. The van der Waals surface area contributed by atoms with Crippen LogP contribution in [0.5, 0.6) is 0 Å². The second-order valence-corrected chi connectivity index (χ2v) is 3.76. The molecule has 0 aromatic rings. The van der Waals surface area contributed by atoms with Crippen LogP contribution in [0.2, 0.25) is 0 Å². The minimum absolute atomic E-state index is 0.0212. The molecular weight excluding hydrogens is 180 g/mol. The second-order valence-electron chi connectivity index (χ2n) is 3.76. The van der Waals surface area contributed by atoms with E-state index >= 15 is 0 Å². The van der Waals surface area contributed by atoms with Crippen molar-refractivity contribution < 1.29 is 9.90 Å². The maximum Gasteiger partial charge on any atom is 0.220 e. The Balaban J connectivity index is 2.03. The quantitative estimate of drug-likeness (QED) is 0.586. The zero-order chi connectivity index (χ0) is 10.2. The van der Waals surface area contributed by atoms with Crippen LogP contribution in [-0.2, 0) is 4.79 Å². The molecule has 1 saturated heterocycles. The maximum absolute atomic E-state index is 11.2. The molecule has 1 heterocycles. The Hall–Kier alpha value is -0.610. The zero-order valence-corrected chi connectivity index (χ0v) is 8.59. The third kappa shape index (κ3) is 4.58. The number of carbonyl (C=O) groups is 1. The minimum atomic E-state index is 0.0212. The van der Waals surface area contributed by atoms with Gasteiger partial charge < -0.3 is 15.7 Å². The van der Waals surface area contributed by atoms with E-state index in [1.54, 1.807) is 0 Å². The fraction of sp³-hybridized carbons (Fsp3) is 0.900. The van der Waals surface area contributed by atoms with Crippen LogP contribution in [0.3, 0.4) is 0 Å². The van der Waals surface area contributed by atoms with Crippen molar-refractivity contribution in [2.45, 2.75) is 38.1 Å². The van der Waals surface area contributed by atoms with Crippen molar-refractivity contribution in [3.05, 3.63) is 0 Å². The summed E-state index contributed by atoms with van der Waals surface area (Å²) in [4.78, 5) is 11.2. The van der Waals surface area contributed by atoms with Crippen molar-refractivity contribution >= 4 is 5.91 Å². The van der Waals surface area contributed by atoms with E-state index in [0.717, 1.165) is 13.0 Å². The SMILES string of the molecule is O=C(CCC1CCCCN1)NCCO. The zero-order valence-electron chi connectivity index (χ0n) is 8.59. The number of nitrogens with one attached hydrogen (secondary N) is 2. The fourth-order valence-electron chi connectivity index (χ4n) is 1.76. The molecule has 3 N–H and O–H groups in total. The molecule has 82 valence electrons. The molecule has 0 saturated carbocycles. The molecule has 1 aliphatic heterocycles. The topological polar surface area (TPSA) is 61.4 Å². The lowest BCUT2D eigenvalue weighted by atomic mass is 10.0. The molecular formula is C10H20N2O2. The third-order valence-corrected chi connectivity index (χ3v) is 2.57. The molecule has 0 bridgehead atoms. The van der Waals surface area contributed by atoms with Gasteiger partial charge in [-0.25, -0.2) is 0 Å². The number of amides is 1. The smallest absolute Gasteiger partial charge is 0.220 e. The first-order valence-corrected chi connectivity index (χ1v) is 5.44. The molecule has 1 aliphatic rings. The molecule has 4 heteroatoms. The minimum Gasteiger partial charge on any atom is -0.395 e. The van der Waals surface area contributed by atoms with Gasteiger partial charge in [-0.05, 0) is 25.8 Å². The van der Waals surface area contributed by atoms with Gasteiger partial charge in [0.25, 0.3) is 0 Å². The summed E-state index contributed by atoms with van der Waals surface area (Å²) in [6.45, 7) is 1.48. The molecule has 0 aromatic carbocycles. The van der Waals surface area contributed by atoms with Gasteiger partial charge in [-0.3, -0.25) is 4.79 Å². The Morgan fingerprint density at radius 3 is 3.00 bits per heavy atom. The number of aliphatic hydroxyl groups is 1. The van der Waals surface area contributed by atoms with E-state index in [2.05, 4.69) is 10.6 Å². The Kier molecular flexibility index (Phi) is 5.56. The molecule has 14 heavy (non-hydrogen) atoms. The average Bonchev–Trinajstić information content (AvgIpc) is 2.25. The summed E-state index contributed by atoms with van der Waals surface area (Å²) < 4.78 is 0. The van der Waals surface area contributed by atoms with E-state index in [1.165, 1.54) is 19.3 Å². The first-order valence-electron chi connectivity index (χ1n) is 5.44. The largest absolute Gasteiger partial charge is 0.395 e. The summed E-state index contributed by atoms with van der Waals surface area (Å²) in [5, 5.41) is 14.6. The van der Waals surface area contributed by atoms with Crippen LogP contribution >= 0.6 is 0 Å². The Labute approximate surface area is 85.1 Å². The molecule has 0 aromatic heterocycles. The highest BCUT2D eigenvalue weighted by Gasteiger charge is 2.13. The number of carbonyl (C=O) groups excluding carboxylic acids is 1. The summed E-state index contributed by atoms with van der Waals surface area (Å²) in [5.41, 5.74) is 0. The van der Waals surface area contributed by atoms with Gasteiger partial charge in [0.15, 0.2) is 0 Å². The highest BCUT2D eigenvalue weighted by atomic mass is 16.3. The van der Waals surface area contributed by atoms with E-state index < -0.39 is 0 Å². The standard InChI is InChI=1S/C10H20N2O2/c13-8-7-12-10(14)5-4-9-3-1-2-6-11-9/h9,11,13H,1-8H2,(H,12,14). The number of piperidine rings is 1. The van der Waals surface area contributed by atoms with Crippen LogP contribution in [-0.4, -0.2) is 36.8 Å². The van der Waals surface area contributed by atoms with Crippen molar-refractivity contribution in [1.29, 1.82) is 0 Å². The summed E-state index contributed by atoms with van der Waals surface area (Å²) in [6.07, 6.45) is 5.20. The van der Waals surface area contributed by atoms with E-state index in [-0.39, 0.29) is 12.5 Å². The van der Waals surface area contributed by atoms with Gasteiger partial charge >= 0.3 is 0 Å². The first kappa shape index (κ1) is 11.5. The molecule has 1 unspecified atom stereocenters. The van der Waals surface area contributed by atoms with E-state index in [4.69, 9.17) is 5.11 Å². The van der Waals surface area contributed by atoms with Gasteiger partial charge in [-0.2, -0.15) is 0 Å². The van der Waals surface area contributed by atoms with Crippen molar-refractivity contribution in [3.8, 4) is 0 Å². The average molecular weight is 200 g/mol. The van der Waals surface area contributed by atoms with E-state index in [1.807, 2.05) is 0 Å². The predicted octanol–water partition coefficient (Wildman–Crippen LogP) is 0.0172. The van der Waals surface area contributed by atoms with Gasteiger partial charge in [-0.1, -0.05) is 6.42 Å². The summed E-state index contributed by atoms with van der Waals surface area (Å²) in [5.74, 6) is 0.0476. The van der Waals surface area contributed by atoms with E-state index in [0.29, 0.717) is 19.0 Å². The van der Waals surface area contributed by atoms with Crippen molar-refractivity contribution in [3.63, 3.8) is 0 Å². The lowest BCUT2D eigenvalue weighted by Gasteiger charge is -2.22. The first-order chi connectivity index (χ1) is 6.83. The van der Waals surface area contributed by atoms with Crippen molar-refractivity contribution in [2.24, 2.45) is 0 Å². The number of rotatable bonds is 5. The normalized spacial score (nSPS) is 21.9. The van der Waals surface area contributed by atoms with Crippen LogP contribution in [0.25, 0.3) is 0 Å². The summed E-state index contributed by atoms with van der Waals surface area (Å²) in [7, 11) is 0. The maximum atomic E-state index is 11.2. The van der Waals surface area contributed by atoms with Crippen LogP contribution < -0.4 is 10.6 Å². The molecule has 1 atom stereocenters. The number of aliphatic hydroxyl groups excluding tert-OH is 1. The van der Waals surface area contributed by atoms with Crippen LogP contribution in [0, 0.1) is 0 Å². The van der Waals surface area contributed by atoms with Crippen molar-refractivity contribution in [1.82, 2.24) is 10.6 Å².